The van der Waals surface area contributed by atoms with Gasteiger partial charge in [0.2, 0.25) is 5.88 Å². The number of ether oxygens (including phenoxy) is 1. The number of hydrogen-bond donors (Lipinski definition) is 0. The Morgan fingerprint density at radius 3 is 2.71 bits per heavy atom. The average molecular weight is 302 g/mol. The monoisotopic (exact) mass is 301 g/mol. The quantitative estimate of drug-likeness (QED) is 0.757. The normalized spacial score (nSPS) is 11.4. The average Bonchev–Trinajstić information content (AvgIpc) is 2.35. The van der Waals surface area contributed by atoms with Gasteiger partial charge in [-0.25, -0.2) is 0 Å². The Hall–Kier alpha value is -0.840. The molecule has 0 N–H and O–H groups in total. The maximum absolute atomic E-state index is 5.48. The smallest absolute Gasteiger partial charge is 0.234 e. The number of hydrogen-bond acceptors (Lipinski definition) is 4. The number of halogens is 1. The molecule has 0 aliphatic heterocycles. The molecule has 0 amide bonds. The van der Waals surface area contributed by atoms with Gasteiger partial charge in [-0.3, -0.25) is 4.98 Å². The summed E-state index contributed by atoms with van der Waals surface area (Å²) in [7, 11) is 2.01. The van der Waals surface area contributed by atoms with Crippen molar-refractivity contribution >= 4 is 21.7 Å². The maximum atomic E-state index is 5.48. The molecule has 0 bridgehead atoms. The number of aromatic nitrogens is 2. The van der Waals surface area contributed by atoms with E-state index in [0.29, 0.717) is 12.5 Å². The molecule has 1 aromatic rings. The van der Waals surface area contributed by atoms with E-state index in [-0.39, 0.29) is 5.54 Å². The van der Waals surface area contributed by atoms with E-state index in [1.165, 1.54) is 0 Å². The maximum Gasteiger partial charge on any atom is 0.234 e. The van der Waals surface area contributed by atoms with Crippen molar-refractivity contribution in [2.24, 2.45) is 0 Å². The minimum Gasteiger partial charge on any atom is -0.477 e. The fraction of sp³-hybridized carbons (Fsp3) is 0.667. The van der Waals surface area contributed by atoms with E-state index in [0.717, 1.165) is 17.6 Å². The molecule has 1 aromatic heterocycles. The van der Waals surface area contributed by atoms with Gasteiger partial charge in [0.1, 0.15) is 0 Å². The molecule has 0 aliphatic rings. The van der Waals surface area contributed by atoms with Crippen LogP contribution in [0.3, 0.4) is 0 Å². The molecular formula is C12H20BrN3O. The van der Waals surface area contributed by atoms with E-state index in [9.17, 15) is 0 Å². The summed E-state index contributed by atoms with van der Waals surface area (Å²) in [5, 5.41) is 0.859. The van der Waals surface area contributed by atoms with Crippen molar-refractivity contribution in [3.63, 3.8) is 0 Å². The van der Waals surface area contributed by atoms with Gasteiger partial charge in [-0.2, -0.15) is 4.98 Å². The molecule has 0 unspecified atom stereocenters. The standard InChI is InChI=1S/C12H20BrN3O/c1-5-6-17-11-8-14-7-10(15-11)16(4)12(2,3)9-13/h7-8H,5-6,9H2,1-4H3. The lowest BCUT2D eigenvalue weighted by atomic mass is 10.1. The van der Waals surface area contributed by atoms with E-state index >= 15 is 0 Å². The van der Waals surface area contributed by atoms with Crippen molar-refractivity contribution in [1.29, 1.82) is 0 Å². The molecule has 0 spiro atoms. The van der Waals surface area contributed by atoms with Gasteiger partial charge < -0.3 is 9.64 Å². The third-order valence-electron chi connectivity index (χ3n) is 2.63. The number of anilines is 1. The van der Waals surface area contributed by atoms with Crippen LogP contribution < -0.4 is 9.64 Å². The van der Waals surface area contributed by atoms with Crippen molar-refractivity contribution in [2.45, 2.75) is 32.7 Å². The Balaban J connectivity index is 2.84. The van der Waals surface area contributed by atoms with Crippen LogP contribution in [-0.2, 0) is 0 Å². The summed E-state index contributed by atoms with van der Waals surface area (Å²) in [6.45, 7) is 7.02. The zero-order valence-corrected chi connectivity index (χ0v) is 12.5. The van der Waals surface area contributed by atoms with Gasteiger partial charge in [0.05, 0.1) is 19.0 Å². The first-order chi connectivity index (χ1) is 8.01. The molecule has 0 saturated heterocycles. The summed E-state index contributed by atoms with van der Waals surface area (Å²) in [5.41, 5.74) is -0.0158. The summed E-state index contributed by atoms with van der Waals surface area (Å²) >= 11 is 3.51. The Kier molecular flexibility index (Phi) is 5.18. The van der Waals surface area contributed by atoms with E-state index < -0.39 is 0 Å². The summed E-state index contributed by atoms with van der Waals surface area (Å²) < 4.78 is 5.48. The minimum atomic E-state index is -0.0158. The predicted octanol–water partition coefficient (Wildman–Crippen LogP) is 2.88. The van der Waals surface area contributed by atoms with Gasteiger partial charge in [-0.15, -0.1) is 0 Å². The van der Waals surface area contributed by atoms with Gasteiger partial charge in [-0.1, -0.05) is 22.9 Å². The van der Waals surface area contributed by atoms with Gasteiger partial charge >= 0.3 is 0 Å². The van der Waals surface area contributed by atoms with Crippen LogP contribution >= 0.6 is 15.9 Å². The Labute approximate surface area is 112 Å². The minimum absolute atomic E-state index is 0.0158. The summed E-state index contributed by atoms with van der Waals surface area (Å²) in [6.07, 6.45) is 4.37. The molecule has 0 radical (unpaired) electrons. The second kappa shape index (κ2) is 6.19. The van der Waals surface area contributed by atoms with Crippen molar-refractivity contribution in [3.05, 3.63) is 12.4 Å². The molecule has 0 saturated carbocycles. The van der Waals surface area contributed by atoms with E-state index in [4.69, 9.17) is 4.74 Å². The lowest BCUT2D eigenvalue weighted by Gasteiger charge is -2.34. The van der Waals surface area contributed by atoms with Crippen molar-refractivity contribution in [2.75, 3.05) is 23.9 Å². The fourth-order valence-electron chi connectivity index (χ4n) is 1.18. The highest BCUT2D eigenvalue weighted by molar-refractivity contribution is 9.09. The first-order valence-corrected chi connectivity index (χ1v) is 6.88. The topological polar surface area (TPSA) is 38.2 Å². The third-order valence-corrected chi connectivity index (χ3v) is 4.00. The van der Waals surface area contributed by atoms with Crippen LogP contribution in [0.15, 0.2) is 12.4 Å². The van der Waals surface area contributed by atoms with Crippen LogP contribution in [0.25, 0.3) is 0 Å². The predicted molar refractivity (Wildman–Crippen MR) is 74.1 cm³/mol. The zero-order valence-electron chi connectivity index (χ0n) is 10.9. The van der Waals surface area contributed by atoms with Crippen molar-refractivity contribution < 1.29 is 4.74 Å². The summed E-state index contributed by atoms with van der Waals surface area (Å²) in [5.74, 6) is 1.41. The number of alkyl halides is 1. The van der Waals surface area contributed by atoms with Gasteiger partial charge in [0.25, 0.3) is 0 Å². The van der Waals surface area contributed by atoms with Crippen molar-refractivity contribution in [3.8, 4) is 5.88 Å². The van der Waals surface area contributed by atoms with E-state index in [2.05, 4.69) is 51.6 Å². The highest BCUT2D eigenvalue weighted by atomic mass is 79.9. The largest absolute Gasteiger partial charge is 0.477 e. The second-order valence-corrected chi connectivity index (χ2v) is 5.13. The van der Waals surface area contributed by atoms with E-state index in [1.54, 1.807) is 12.4 Å². The van der Waals surface area contributed by atoms with Crippen LogP contribution in [-0.4, -0.2) is 34.5 Å². The number of nitrogens with zero attached hydrogens (tertiary/aromatic N) is 3. The molecule has 0 fully saturated rings. The lowest BCUT2D eigenvalue weighted by molar-refractivity contribution is 0.303. The lowest BCUT2D eigenvalue weighted by Crippen LogP contribution is -2.43. The highest BCUT2D eigenvalue weighted by Gasteiger charge is 2.23. The molecule has 17 heavy (non-hydrogen) atoms. The fourth-order valence-corrected chi connectivity index (χ4v) is 1.55. The van der Waals surface area contributed by atoms with Crippen LogP contribution in [0.4, 0.5) is 5.82 Å². The molecular weight excluding hydrogens is 282 g/mol. The highest BCUT2D eigenvalue weighted by Crippen LogP contribution is 2.22. The van der Waals surface area contributed by atoms with Gasteiger partial charge in [0, 0.05) is 17.9 Å². The SMILES string of the molecule is CCCOc1cncc(N(C)C(C)(C)CBr)n1. The molecule has 1 rings (SSSR count). The zero-order chi connectivity index (χ0) is 12.9. The molecule has 0 aromatic carbocycles. The molecule has 5 heteroatoms. The Morgan fingerprint density at radius 1 is 1.41 bits per heavy atom. The summed E-state index contributed by atoms with van der Waals surface area (Å²) in [4.78, 5) is 10.7. The first-order valence-electron chi connectivity index (χ1n) is 5.76. The molecule has 4 nitrogen and oxygen atoms in total. The molecule has 1 heterocycles. The molecule has 0 aliphatic carbocycles. The second-order valence-electron chi connectivity index (χ2n) is 4.57. The van der Waals surface area contributed by atoms with Crippen LogP contribution in [0.5, 0.6) is 5.88 Å². The third kappa shape index (κ3) is 3.84. The Morgan fingerprint density at radius 2 is 2.12 bits per heavy atom. The van der Waals surface area contributed by atoms with Crippen LogP contribution in [0.1, 0.15) is 27.2 Å². The number of rotatable bonds is 6. The van der Waals surface area contributed by atoms with Crippen LogP contribution in [0, 0.1) is 0 Å². The Bertz CT molecular complexity index is 357. The van der Waals surface area contributed by atoms with Gasteiger partial charge in [0.15, 0.2) is 5.82 Å². The van der Waals surface area contributed by atoms with Crippen molar-refractivity contribution in [1.82, 2.24) is 9.97 Å². The van der Waals surface area contributed by atoms with Crippen LogP contribution in [0.2, 0.25) is 0 Å². The molecule has 0 atom stereocenters. The first kappa shape index (κ1) is 14.2. The van der Waals surface area contributed by atoms with Gasteiger partial charge in [-0.05, 0) is 20.3 Å². The summed E-state index contributed by atoms with van der Waals surface area (Å²) in [6, 6.07) is 0. The van der Waals surface area contributed by atoms with E-state index in [1.807, 2.05) is 7.05 Å². The molecule has 96 valence electrons.